The smallest absolute Gasteiger partial charge is 0.331 e. The van der Waals surface area contributed by atoms with E-state index in [2.05, 4.69) is 20.6 Å². The molecule has 0 spiro atoms. The van der Waals surface area contributed by atoms with E-state index < -0.39 is 29.1 Å². The van der Waals surface area contributed by atoms with Crippen LogP contribution in [-0.2, 0) is 23.7 Å². The van der Waals surface area contributed by atoms with Gasteiger partial charge in [0.2, 0.25) is 0 Å². The second kappa shape index (κ2) is 12.0. The van der Waals surface area contributed by atoms with Gasteiger partial charge in [-0.1, -0.05) is 0 Å². The Morgan fingerprint density at radius 1 is 1.00 bits per heavy atom. The van der Waals surface area contributed by atoms with Crippen LogP contribution in [0.4, 0.5) is 11.4 Å². The molecular weight excluding hydrogens is 504 g/mol. The third-order valence-electron chi connectivity index (χ3n) is 5.99. The van der Waals surface area contributed by atoms with Crippen molar-refractivity contribution in [2.45, 2.75) is 97.7 Å². The fourth-order valence-electron chi connectivity index (χ4n) is 4.14. The van der Waals surface area contributed by atoms with Crippen LogP contribution in [0, 0.1) is 0 Å². The maximum absolute atomic E-state index is 13.4. The van der Waals surface area contributed by atoms with Crippen molar-refractivity contribution in [3.05, 3.63) is 23.8 Å². The van der Waals surface area contributed by atoms with E-state index in [0.29, 0.717) is 0 Å². The number of esters is 1. The second-order valence-electron chi connectivity index (χ2n) is 13.0. The molecular formula is C28H46N4O7. The summed E-state index contributed by atoms with van der Waals surface area (Å²) in [7, 11) is 0. The lowest BCUT2D eigenvalue weighted by molar-refractivity contribution is -0.160. The molecule has 2 heterocycles. The normalized spacial score (nSPS) is 21.3. The Morgan fingerprint density at radius 3 is 2.18 bits per heavy atom. The Morgan fingerprint density at radius 2 is 1.64 bits per heavy atom. The Balaban J connectivity index is 1.69. The maximum Gasteiger partial charge on any atom is 0.331 e. The number of rotatable bonds is 9. The Hall–Kier alpha value is -2.44. The molecule has 3 rings (SSSR count). The topological polar surface area (TPSA) is 125 Å². The van der Waals surface area contributed by atoms with Gasteiger partial charge in [-0.05, 0) is 80.5 Å². The van der Waals surface area contributed by atoms with E-state index in [9.17, 15) is 14.8 Å². The van der Waals surface area contributed by atoms with E-state index in [1.54, 1.807) is 32.9 Å². The summed E-state index contributed by atoms with van der Waals surface area (Å²) in [5.41, 5.74) is 1.84. The summed E-state index contributed by atoms with van der Waals surface area (Å²) in [4.78, 5) is 30.7. The molecule has 3 N–H and O–H groups in total. The molecule has 0 aromatic heterocycles. The van der Waals surface area contributed by atoms with Crippen molar-refractivity contribution in [3.63, 3.8) is 0 Å². The number of hydrogen-bond donors (Lipinski definition) is 3. The number of nitrogens with one attached hydrogen (secondary N) is 2. The summed E-state index contributed by atoms with van der Waals surface area (Å²) in [6.45, 7) is 19.9. The van der Waals surface area contributed by atoms with E-state index >= 15 is 0 Å². The number of carbonyl (C=O) groups excluding carboxylic acids is 2. The molecule has 1 aromatic carbocycles. The summed E-state index contributed by atoms with van der Waals surface area (Å²) in [5.74, 6) is -1.13. The minimum atomic E-state index is -1.03. The number of amides is 1. The molecule has 3 atom stereocenters. The Labute approximate surface area is 232 Å². The van der Waals surface area contributed by atoms with E-state index in [-0.39, 0.29) is 36.0 Å². The molecule has 1 aromatic rings. The third kappa shape index (κ3) is 9.61. The van der Waals surface area contributed by atoms with Crippen LogP contribution in [-0.4, -0.2) is 90.1 Å². The number of piperazine rings is 1. The molecule has 0 bridgehead atoms. The number of carbonyl (C=O) groups is 2. The lowest BCUT2D eigenvalue weighted by Gasteiger charge is -2.35. The summed E-state index contributed by atoms with van der Waals surface area (Å²) < 4.78 is 23.0. The fraction of sp³-hybridized carbons (Fsp3) is 0.714. The van der Waals surface area contributed by atoms with E-state index in [4.69, 9.17) is 18.9 Å². The van der Waals surface area contributed by atoms with Gasteiger partial charge < -0.3 is 29.2 Å². The maximum atomic E-state index is 13.4. The van der Waals surface area contributed by atoms with Crippen molar-refractivity contribution >= 4 is 23.3 Å². The van der Waals surface area contributed by atoms with E-state index in [0.717, 1.165) is 31.9 Å². The van der Waals surface area contributed by atoms with Crippen LogP contribution in [0.3, 0.4) is 0 Å². The van der Waals surface area contributed by atoms with Crippen molar-refractivity contribution in [1.29, 1.82) is 0 Å². The van der Waals surface area contributed by atoms with E-state index in [1.807, 2.05) is 47.6 Å². The van der Waals surface area contributed by atoms with Crippen molar-refractivity contribution < 1.29 is 33.7 Å². The lowest BCUT2D eigenvalue weighted by Crippen LogP contribution is -2.49. The summed E-state index contributed by atoms with van der Waals surface area (Å²) in [5, 5.41) is 12.4. The minimum absolute atomic E-state index is 0.0335. The van der Waals surface area contributed by atoms with Crippen molar-refractivity contribution in [3.8, 4) is 0 Å². The predicted octanol–water partition coefficient (Wildman–Crippen LogP) is 3.36. The highest BCUT2D eigenvalue weighted by molar-refractivity contribution is 6.02. The highest BCUT2D eigenvalue weighted by Crippen LogP contribution is 2.32. The first-order valence-corrected chi connectivity index (χ1v) is 13.5. The number of ether oxygens (including phenoxy) is 4. The van der Waals surface area contributed by atoms with Crippen LogP contribution in [0.25, 0.3) is 0 Å². The zero-order valence-corrected chi connectivity index (χ0v) is 24.8. The number of anilines is 2. The molecule has 220 valence electrons. The zero-order chi connectivity index (χ0) is 29.2. The first-order valence-electron chi connectivity index (χ1n) is 13.5. The molecule has 2 saturated heterocycles. The molecule has 0 radical (unpaired) electrons. The van der Waals surface area contributed by atoms with Crippen LogP contribution in [0.15, 0.2) is 18.2 Å². The van der Waals surface area contributed by atoms with Gasteiger partial charge in [0.05, 0.1) is 29.1 Å². The van der Waals surface area contributed by atoms with Gasteiger partial charge in [0.15, 0.2) is 18.6 Å². The monoisotopic (exact) mass is 550 g/mol. The highest BCUT2D eigenvalue weighted by atomic mass is 16.8. The summed E-state index contributed by atoms with van der Waals surface area (Å²) in [6.07, 6.45) is -0.240. The molecule has 0 aliphatic carbocycles. The van der Waals surface area contributed by atoms with Crippen LogP contribution in [0.1, 0.15) is 72.7 Å². The first kappa shape index (κ1) is 31.1. The van der Waals surface area contributed by atoms with Crippen molar-refractivity contribution in [2.24, 2.45) is 0 Å². The van der Waals surface area contributed by atoms with Gasteiger partial charge >= 0.3 is 5.97 Å². The fourth-order valence-corrected chi connectivity index (χ4v) is 4.14. The second-order valence-corrected chi connectivity index (χ2v) is 13.0. The molecule has 0 saturated carbocycles. The molecule has 2 aliphatic heterocycles. The largest absolute Gasteiger partial charge is 0.458 e. The van der Waals surface area contributed by atoms with Gasteiger partial charge in [-0.3, -0.25) is 20.4 Å². The quantitative estimate of drug-likeness (QED) is 0.239. The Kier molecular flexibility index (Phi) is 9.55. The summed E-state index contributed by atoms with van der Waals surface area (Å²) in [6, 6.07) is 4.16. The molecule has 11 nitrogen and oxygen atoms in total. The van der Waals surface area contributed by atoms with Crippen molar-refractivity contribution in [1.82, 2.24) is 10.2 Å². The highest BCUT2D eigenvalue weighted by Gasteiger charge is 2.47. The average Bonchev–Trinajstić information content (AvgIpc) is 3.56. The van der Waals surface area contributed by atoms with Gasteiger partial charge in [-0.2, -0.15) is 0 Å². The van der Waals surface area contributed by atoms with Crippen LogP contribution >= 0.6 is 0 Å². The average molecular weight is 551 g/mol. The standard InChI is InChI=1S/C28H46N4O7/c1-26(2,3)36-17-21(24(34)38-27(4,5)6)29-22(33)19-16-18(10-11-20(19)30-35)31-12-14-32(15-13-31)23-25(37-23)39-28(7,8)9/h10-11,16,21,23,25,30,35H,12-15,17H2,1-9H3,(H,29,33). The van der Waals surface area contributed by atoms with Crippen LogP contribution in [0.2, 0.25) is 0 Å². The third-order valence-corrected chi connectivity index (χ3v) is 5.99. The zero-order valence-electron chi connectivity index (χ0n) is 24.8. The number of epoxide rings is 1. The predicted molar refractivity (Wildman–Crippen MR) is 148 cm³/mol. The SMILES string of the molecule is CC(C)(C)OCC(NC(=O)c1cc(N2CCN(C3OC3OC(C)(C)C)CC2)ccc1NO)C(=O)OC(C)(C)C. The number of benzene rings is 1. The number of hydrogen-bond acceptors (Lipinski definition) is 10. The molecule has 39 heavy (non-hydrogen) atoms. The molecule has 11 heteroatoms. The van der Waals surface area contributed by atoms with Gasteiger partial charge in [-0.15, -0.1) is 0 Å². The van der Waals surface area contributed by atoms with Crippen LogP contribution in [0.5, 0.6) is 0 Å². The molecule has 1 amide bonds. The van der Waals surface area contributed by atoms with Gasteiger partial charge in [0.1, 0.15) is 5.60 Å². The van der Waals surface area contributed by atoms with Gasteiger partial charge in [0, 0.05) is 31.9 Å². The van der Waals surface area contributed by atoms with Gasteiger partial charge in [0.25, 0.3) is 5.91 Å². The molecule has 3 unspecified atom stereocenters. The van der Waals surface area contributed by atoms with Crippen molar-refractivity contribution in [2.75, 3.05) is 43.2 Å². The molecule has 2 aliphatic rings. The van der Waals surface area contributed by atoms with Gasteiger partial charge in [-0.25, -0.2) is 4.79 Å². The minimum Gasteiger partial charge on any atom is -0.458 e. The number of nitrogens with zero attached hydrogens (tertiary/aromatic N) is 2. The lowest BCUT2D eigenvalue weighted by atomic mass is 10.1. The Bertz CT molecular complexity index is 1000. The van der Waals surface area contributed by atoms with E-state index in [1.165, 1.54) is 0 Å². The molecule has 2 fully saturated rings. The summed E-state index contributed by atoms with van der Waals surface area (Å²) >= 11 is 0. The first-order chi connectivity index (χ1) is 18.0. The van der Waals surface area contributed by atoms with Crippen LogP contribution < -0.4 is 15.7 Å².